The lowest BCUT2D eigenvalue weighted by molar-refractivity contribution is -0.384. The molecule has 178 valence electrons. The molecule has 0 saturated carbocycles. The molecule has 0 aromatic heterocycles. The Morgan fingerprint density at radius 1 is 0.971 bits per heavy atom. The van der Waals surface area contributed by atoms with E-state index in [0.29, 0.717) is 31.9 Å². The van der Waals surface area contributed by atoms with Crippen LogP contribution in [0.2, 0.25) is 0 Å². The fourth-order valence-corrected chi connectivity index (χ4v) is 5.73. The van der Waals surface area contributed by atoms with Crippen LogP contribution in [0.3, 0.4) is 0 Å². The Hall–Kier alpha value is -2.66. The first-order valence-corrected chi connectivity index (χ1v) is 13.2. The van der Waals surface area contributed by atoms with Crippen molar-refractivity contribution in [2.45, 2.75) is 10.4 Å². The van der Waals surface area contributed by atoms with Crippen molar-refractivity contribution in [2.24, 2.45) is 0 Å². The average Bonchev–Trinajstić information content (AvgIpc) is 2.84. The molecule has 8 nitrogen and oxygen atoms in total. The Morgan fingerprint density at radius 2 is 1.62 bits per heavy atom. The lowest BCUT2D eigenvalue weighted by atomic mass is 10.2. The first-order chi connectivity index (χ1) is 16.3. The molecule has 1 atom stereocenters. The molecule has 0 aliphatic carbocycles. The fraction of sp³-hybridized carbons (Fsp3) is 0.217. The fourth-order valence-electron chi connectivity index (χ4n) is 3.78. The molecule has 1 saturated heterocycles. The predicted molar refractivity (Wildman–Crippen MR) is 137 cm³/mol. The molecule has 1 fully saturated rings. The van der Waals surface area contributed by atoms with E-state index in [4.69, 9.17) is 11.6 Å². The van der Waals surface area contributed by atoms with Crippen molar-refractivity contribution in [1.29, 1.82) is 0 Å². The number of piperazine rings is 1. The van der Waals surface area contributed by atoms with Gasteiger partial charge < -0.3 is 10.2 Å². The number of nitro benzene ring substituents is 1. The normalized spacial score (nSPS) is 15.6. The van der Waals surface area contributed by atoms with Gasteiger partial charge in [0.1, 0.15) is 11.2 Å². The van der Waals surface area contributed by atoms with Gasteiger partial charge >= 0.3 is 0 Å². The zero-order chi connectivity index (χ0) is 24.3. The molecule has 0 spiro atoms. The van der Waals surface area contributed by atoms with Gasteiger partial charge in [-0.25, -0.2) is 8.42 Å². The Bertz CT molecular complexity index is 1270. The summed E-state index contributed by atoms with van der Waals surface area (Å²) < 4.78 is 28.2. The Labute approximate surface area is 211 Å². The summed E-state index contributed by atoms with van der Waals surface area (Å²) in [7, 11) is -3.59. The molecular formula is C23H22BrClN4O4S. The number of nitro groups is 1. The molecule has 1 aliphatic heterocycles. The summed E-state index contributed by atoms with van der Waals surface area (Å²) in [4.78, 5) is 13.4. The topological polar surface area (TPSA) is 95.8 Å². The molecule has 0 radical (unpaired) electrons. The van der Waals surface area contributed by atoms with Crippen LogP contribution in [-0.2, 0) is 10.0 Å². The Kier molecular flexibility index (Phi) is 7.42. The SMILES string of the molecule is O=[N+]([O-])c1ccc(N2CCN(S(=O)(=O)c3ccc(Br)cc3)CC2)cc1NC(Cl)c1ccccc1. The molecule has 4 rings (SSSR count). The summed E-state index contributed by atoms with van der Waals surface area (Å²) in [6, 6.07) is 20.6. The van der Waals surface area contributed by atoms with Crippen LogP contribution in [0.5, 0.6) is 0 Å². The highest BCUT2D eigenvalue weighted by Crippen LogP contribution is 2.34. The monoisotopic (exact) mass is 564 g/mol. The molecular weight excluding hydrogens is 544 g/mol. The summed E-state index contributed by atoms with van der Waals surface area (Å²) in [5.41, 5.74) is 1.11. The quantitative estimate of drug-likeness (QED) is 0.183. The van der Waals surface area contributed by atoms with E-state index in [1.165, 1.54) is 10.4 Å². The van der Waals surface area contributed by atoms with E-state index in [-0.39, 0.29) is 10.6 Å². The molecule has 3 aromatic rings. The third kappa shape index (κ3) is 5.35. The summed E-state index contributed by atoms with van der Waals surface area (Å²) in [5.74, 6) is 0. The number of anilines is 2. The molecule has 3 aromatic carbocycles. The number of rotatable bonds is 7. The minimum atomic E-state index is -3.59. The van der Waals surface area contributed by atoms with Crippen LogP contribution in [0.15, 0.2) is 82.2 Å². The zero-order valence-electron chi connectivity index (χ0n) is 18.0. The number of sulfonamides is 1. The van der Waals surface area contributed by atoms with E-state index in [9.17, 15) is 18.5 Å². The smallest absolute Gasteiger partial charge is 0.292 e. The lowest BCUT2D eigenvalue weighted by Crippen LogP contribution is -2.48. The largest absolute Gasteiger partial charge is 0.369 e. The summed E-state index contributed by atoms with van der Waals surface area (Å²) in [6.07, 6.45) is 0. The minimum Gasteiger partial charge on any atom is -0.369 e. The van der Waals surface area contributed by atoms with Crippen molar-refractivity contribution in [1.82, 2.24) is 4.31 Å². The molecule has 11 heteroatoms. The molecule has 34 heavy (non-hydrogen) atoms. The summed E-state index contributed by atoms with van der Waals surface area (Å²) >= 11 is 9.79. The summed E-state index contributed by atoms with van der Waals surface area (Å²) in [5, 5.41) is 14.6. The van der Waals surface area contributed by atoms with Gasteiger partial charge in [-0.05, 0) is 42.0 Å². The van der Waals surface area contributed by atoms with E-state index in [2.05, 4.69) is 21.2 Å². The van der Waals surface area contributed by atoms with E-state index in [1.54, 1.807) is 36.4 Å². The van der Waals surface area contributed by atoms with Crippen LogP contribution >= 0.6 is 27.5 Å². The molecule has 0 bridgehead atoms. The lowest BCUT2D eigenvalue weighted by Gasteiger charge is -2.35. The maximum Gasteiger partial charge on any atom is 0.292 e. The zero-order valence-corrected chi connectivity index (χ0v) is 21.1. The molecule has 1 unspecified atom stereocenters. The third-order valence-electron chi connectivity index (χ3n) is 5.61. The summed E-state index contributed by atoms with van der Waals surface area (Å²) in [6.45, 7) is 1.52. The van der Waals surface area contributed by atoms with Crippen molar-refractivity contribution in [2.75, 3.05) is 36.4 Å². The van der Waals surface area contributed by atoms with Crippen LogP contribution in [0.1, 0.15) is 11.1 Å². The number of nitrogens with one attached hydrogen (secondary N) is 1. The van der Waals surface area contributed by atoms with Crippen molar-refractivity contribution in [3.63, 3.8) is 0 Å². The number of benzene rings is 3. The van der Waals surface area contributed by atoms with E-state index in [0.717, 1.165) is 15.7 Å². The second kappa shape index (κ2) is 10.3. The van der Waals surface area contributed by atoms with Crippen molar-refractivity contribution in [3.8, 4) is 0 Å². The minimum absolute atomic E-state index is 0.0817. The number of hydrogen-bond acceptors (Lipinski definition) is 6. The van der Waals surface area contributed by atoms with Crippen molar-refractivity contribution >= 4 is 54.6 Å². The van der Waals surface area contributed by atoms with Gasteiger partial charge in [0.05, 0.1) is 9.82 Å². The van der Waals surface area contributed by atoms with Gasteiger partial charge in [0.15, 0.2) is 0 Å². The van der Waals surface area contributed by atoms with Gasteiger partial charge in [-0.15, -0.1) is 0 Å². The number of alkyl halides is 1. The van der Waals surface area contributed by atoms with Crippen LogP contribution in [0.4, 0.5) is 17.1 Å². The van der Waals surface area contributed by atoms with E-state index < -0.39 is 20.4 Å². The third-order valence-corrected chi connectivity index (χ3v) is 8.41. The molecule has 0 amide bonds. The number of nitrogens with zero attached hydrogens (tertiary/aromatic N) is 3. The van der Waals surface area contributed by atoms with Crippen LogP contribution in [-0.4, -0.2) is 43.8 Å². The van der Waals surface area contributed by atoms with Crippen molar-refractivity contribution < 1.29 is 13.3 Å². The number of hydrogen-bond donors (Lipinski definition) is 1. The Balaban J connectivity index is 1.50. The van der Waals surface area contributed by atoms with Gasteiger partial charge in [-0.1, -0.05) is 57.9 Å². The second-order valence-electron chi connectivity index (χ2n) is 7.72. The maximum atomic E-state index is 13.0. The molecule has 1 heterocycles. The first kappa shape index (κ1) is 24.5. The Morgan fingerprint density at radius 3 is 2.24 bits per heavy atom. The number of halogens is 2. The maximum absolute atomic E-state index is 13.0. The van der Waals surface area contributed by atoms with E-state index >= 15 is 0 Å². The van der Waals surface area contributed by atoms with Gasteiger partial charge in [-0.2, -0.15) is 4.31 Å². The second-order valence-corrected chi connectivity index (χ2v) is 11.0. The van der Waals surface area contributed by atoms with Crippen LogP contribution in [0, 0.1) is 10.1 Å². The highest BCUT2D eigenvalue weighted by atomic mass is 79.9. The van der Waals surface area contributed by atoms with E-state index in [1.807, 2.05) is 35.2 Å². The van der Waals surface area contributed by atoms with Gasteiger partial charge in [0.25, 0.3) is 5.69 Å². The highest BCUT2D eigenvalue weighted by Gasteiger charge is 2.29. The first-order valence-electron chi connectivity index (χ1n) is 10.5. The highest BCUT2D eigenvalue weighted by molar-refractivity contribution is 9.10. The predicted octanol–water partition coefficient (Wildman–Crippen LogP) is 5.22. The van der Waals surface area contributed by atoms with Gasteiger partial charge in [0, 0.05) is 42.4 Å². The molecule has 1 N–H and O–H groups in total. The van der Waals surface area contributed by atoms with Gasteiger partial charge in [0.2, 0.25) is 10.0 Å². The van der Waals surface area contributed by atoms with Crippen LogP contribution < -0.4 is 10.2 Å². The standard InChI is InChI=1S/C23H22BrClN4O4S/c24-18-6-9-20(10-7-18)34(32,33)28-14-12-27(13-15-28)19-8-11-22(29(30)31)21(16-19)26-23(25)17-4-2-1-3-5-17/h1-11,16,23,26H,12-15H2. The van der Waals surface area contributed by atoms with Crippen LogP contribution in [0.25, 0.3) is 0 Å². The van der Waals surface area contributed by atoms with Crippen molar-refractivity contribution in [3.05, 3.63) is 92.9 Å². The average molecular weight is 566 g/mol. The molecule has 1 aliphatic rings. The van der Waals surface area contributed by atoms with Gasteiger partial charge in [-0.3, -0.25) is 10.1 Å².